The van der Waals surface area contributed by atoms with Crippen LogP contribution < -0.4 is 9.80 Å². The molecular weight excluding hydrogens is 520 g/mol. The van der Waals surface area contributed by atoms with Crippen molar-refractivity contribution in [1.29, 1.82) is 0 Å². The first-order valence-corrected chi connectivity index (χ1v) is 15.0. The molecule has 0 fully saturated rings. The Balaban J connectivity index is 1.31. The third-order valence-corrected chi connectivity index (χ3v) is 7.86. The van der Waals surface area contributed by atoms with E-state index in [9.17, 15) is 0 Å². The number of anilines is 5. The van der Waals surface area contributed by atoms with Crippen LogP contribution in [0.1, 0.15) is 26.3 Å². The fourth-order valence-electron chi connectivity index (χ4n) is 5.78. The summed E-state index contributed by atoms with van der Waals surface area (Å²) < 4.78 is 0. The number of aryl methyl sites for hydroxylation is 1. The number of rotatable bonds is 7. The number of hydrogen-bond donors (Lipinski definition) is 0. The minimum absolute atomic E-state index is 0.0527. The predicted octanol–water partition coefficient (Wildman–Crippen LogP) is 11.7. The Morgan fingerprint density at radius 2 is 0.744 bits per heavy atom. The molecule has 0 aliphatic rings. The second-order valence-corrected chi connectivity index (χ2v) is 12.0. The first kappa shape index (κ1) is 28.1. The summed E-state index contributed by atoms with van der Waals surface area (Å²) in [6.07, 6.45) is 0. The van der Waals surface area contributed by atoms with Gasteiger partial charge in [0.15, 0.2) is 0 Å². The lowest BCUT2D eigenvalue weighted by Crippen LogP contribution is -2.37. The van der Waals surface area contributed by atoms with Gasteiger partial charge in [-0.3, -0.25) is 0 Å². The van der Waals surface area contributed by atoms with Crippen LogP contribution in [-0.2, 0) is 0 Å². The van der Waals surface area contributed by atoms with E-state index >= 15 is 0 Å². The summed E-state index contributed by atoms with van der Waals surface area (Å²) in [5.41, 5.74) is 11.8. The molecule has 6 aromatic carbocycles. The van der Waals surface area contributed by atoms with Gasteiger partial charge in [0.05, 0.1) is 0 Å². The zero-order chi connectivity index (χ0) is 29.8. The Labute approximate surface area is 256 Å². The summed E-state index contributed by atoms with van der Waals surface area (Å²) in [4.78, 5) is 4.74. The van der Waals surface area contributed by atoms with Gasteiger partial charge in [-0.1, -0.05) is 103 Å². The van der Waals surface area contributed by atoms with E-state index in [2.05, 4.69) is 195 Å². The van der Waals surface area contributed by atoms with Crippen LogP contribution in [0.4, 0.5) is 28.4 Å². The zero-order valence-corrected chi connectivity index (χ0v) is 25.4. The van der Waals surface area contributed by atoms with Gasteiger partial charge in [0.25, 0.3) is 0 Å². The molecule has 0 spiro atoms. The van der Waals surface area contributed by atoms with Crippen molar-refractivity contribution < 1.29 is 0 Å². The van der Waals surface area contributed by atoms with E-state index in [0.29, 0.717) is 0 Å². The first-order valence-electron chi connectivity index (χ1n) is 15.0. The summed E-state index contributed by atoms with van der Waals surface area (Å²) in [6, 6.07) is 56.4. The van der Waals surface area contributed by atoms with Crippen LogP contribution in [0.15, 0.2) is 158 Å². The topological polar surface area (TPSA) is 6.48 Å². The van der Waals surface area contributed by atoms with Gasteiger partial charge in [0, 0.05) is 34.0 Å². The fraction of sp³-hybridized carbons (Fsp3) is 0.122. The standard InChI is InChI=1S/C41H38N2/c1-31-13-11-12-18-40(31)42(36-25-19-33(20-26-36)32-14-7-5-8-15-32)37-27-21-34(22-28-37)35-23-29-39(30-24-35)43(41(2,3)4)38-16-9-6-10-17-38/h5-30H,1-4H3. The highest BCUT2D eigenvalue weighted by Gasteiger charge is 2.23. The molecule has 0 aromatic heterocycles. The van der Waals surface area contributed by atoms with E-state index in [1.54, 1.807) is 0 Å². The van der Waals surface area contributed by atoms with Crippen molar-refractivity contribution in [3.05, 3.63) is 163 Å². The van der Waals surface area contributed by atoms with Gasteiger partial charge in [-0.25, -0.2) is 0 Å². The minimum Gasteiger partial charge on any atom is -0.336 e. The molecule has 0 saturated carbocycles. The van der Waals surface area contributed by atoms with Crippen LogP contribution in [0.2, 0.25) is 0 Å². The van der Waals surface area contributed by atoms with Crippen molar-refractivity contribution in [1.82, 2.24) is 0 Å². The number of benzene rings is 6. The maximum absolute atomic E-state index is 2.39. The second kappa shape index (κ2) is 12.0. The van der Waals surface area contributed by atoms with E-state index in [1.165, 1.54) is 44.9 Å². The Morgan fingerprint density at radius 1 is 0.372 bits per heavy atom. The molecule has 212 valence electrons. The van der Waals surface area contributed by atoms with Gasteiger partial charge in [0.1, 0.15) is 0 Å². The van der Waals surface area contributed by atoms with E-state index in [1.807, 2.05) is 0 Å². The maximum atomic E-state index is 2.39. The molecule has 0 N–H and O–H groups in total. The summed E-state index contributed by atoms with van der Waals surface area (Å²) >= 11 is 0. The van der Waals surface area contributed by atoms with Gasteiger partial charge < -0.3 is 9.80 Å². The summed E-state index contributed by atoms with van der Waals surface area (Å²) in [5.74, 6) is 0. The number of para-hydroxylation sites is 2. The van der Waals surface area contributed by atoms with Crippen LogP contribution in [0.3, 0.4) is 0 Å². The Kier molecular flexibility index (Phi) is 7.85. The molecule has 0 amide bonds. The van der Waals surface area contributed by atoms with E-state index in [-0.39, 0.29) is 5.54 Å². The van der Waals surface area contributed by atoms with Crippen molar-refractivity contribution in [2.24, 2.45) is 0 Å². The molecule has 6 aromatic rings. The zero-order valence-electron chi connectivity index (χ0n) is 25.4. The lowest BCUT2D eigenvalue weighted by molar-refractivity contribution is 0.560. The van der Waals surface area contributed by atoms with Crippen LogP contribution in [0, 0.1) is 6.92 Å². The Bertz CT molecular complexity index is 1770. The van der Waals surface area contributed by atoms with Gasteiger partial charge in [-0.2, -0.15) is 0 Å². The summed E-state index contributed by atoms with van der Waals surface area (Å²) in [7, 11) is 0. The average Bonchev–Trinajstić information content (AvgIpc) is 3.04. The van der Waals surface area contributed by atoms with Gasteiger partial charge >= 0.3 is 0 Å². The van der Waals surface area contributed by atoms with Gasteiger partial charge in [0.2, 0.25) is 0 Å². The van der Waals surface area contributed by atoms with E-state index < -0.39 is 0 Å². The van der Waals surface area contributed by atoms with Crippen molar-refractivity contribution in [3.63, 3.8) is 0 Å². The highest BCUT2D eigenvalue weighted by atomic mass is 15.2. The van der Waals surface area contributed by atoms with Crippen LogP contribution >= 0.6 is 0 Å². The first-order chi connectivity index (χ1) is 20.9. The largest absolute Gasteiger partial charge is 0.336 e. The van der Waals surface area contributed by atoms with Crippen LogP contribution in [0.5, 0.6) is 0 Å². The van der Waals surface area contributed by atoms with Gasteiger partial charge in [-0.05, 0) is 110 Å². The number of nitrogens with zero attached hydrogens (tertiary/aromatic N) is 2. The molecule has 0 radical (unpaired) electrons. The smallest absolute Gasteiger partial charge is 0.0490 e. The Morgan fingerprint density at radius 3 is 1.21 bits per heavy atom. The molecule has 2 heteroatoms. The molecule has 2 nitrogen and oxygen atoms in total. The highest BCUT2D eigenvalue weighted by Crippen LogP contribution is 2.39. The normalized spacial score (nSPS) is 11.3. The predicted molar refractivity (Wildman–Crippen MR) is 185 cm³/mol. The van der Waals surface area contributed by atoms with Crippen molar-refractivity contribution >= 4 is 28.4 Å². The second-order valence-electron chi connectivity index (χ2n) is 12.0. The lowest BCUT2D eigenvalue weighted by atomic mass is 10.0. The van der Waals surface area contributed by atoms with Crippen LogP contribution in [-0.4, -0.2) is 5.54 Å². The average molecular weight is 559 g/mol. The summed E-state index contributed by atoms with van der Waals surface area (Å²) in [6.45, 7) is 8.93. The highest BCUT2D eigenvalue weighted by molar-refractivity contribution is 5.81. The molecule has 0 unspecified atom stereocenters. The summed E-state index contributed by atoms with van der Waals surface area (Å²) in [5, 5.41) is 0. The number of hydrogen-bond acceptors (Lipinski definition) is 2. The molecule has 0 bridgehead atoms. The van der Waals surface area contributed by atoms with Crippen LogP contribution in [0.25, 0.3) is 22.3 Å². The molecule has 6 rings (SSSR count). The molecule has 0 aliphatic heterocycles. The molecule has 0 heterocycles. The molecule has 0 saturated heterocycles. The third kappa shape index (κ3) is 6.10. The third-order valence-electron chi connectivity index (χ3n) is 7.86. The quantitative estimate of drug-likeness (QED) is 0.192. The lowest BCUT2D eigenvalue weighted by Gasteiger charge is -2.38. The molecule has 0 atom stereocenters. The fourth-order valence-corrected chi connectivity index (χ4v) is 5.78. The molecule has 0 aliphatic carbocycles. The molecular formula is C41H38N2. The SMILES string of the molecule is Cc1ccccc1N(c1ccc(-c2ccccc2)cc1)c1ccc(-c2ccc(N(c3ccccc3)C(C)(C)C)cc2)cc1. The maximum Gasteiger partial charge on any atom is 0.0490 e. The molecule has 43 heavy (non-hydrogen) atoms. The minimum atomic E-state index is -0.0527. The monoisotopic (exact) mass is 558 g/mol. The van der Waals surface area contributed by atoms with E-state index in [0.717, 1.165) is 11.4 Å². The van der Waals surface area contributed by atoms with E-state index in [4.69, 9.17) is 0 Å². The van der Waals surface area contributed by atoms with Crippen molar-refractivity contribution in [2.75, 3.05) is 9.80 Å². The van der Waals surface area contributed by atoms with Crippen molar-refractivity contribution in [3.8, 4) is 22.3 Å². The van der Waals surface area contributed by atoms with Gasteiger partial charge in [-0.15, -0.1) is 0 Å². The Hall–Kier alpha value is -5.08. The van der Waals surface area contributed by atoms with Crippen molar-refractivity contribution in [2.45, 2.75) is 33.2 Å².